The average Bonchev–Trinajstić information content (AvgIpc) is 3.32. The minimum absolute atomic E-state index is 0.0245. The molecule has 2 fully saturated rings. The van der Waals surface area contributed by atoms with Crippen molar-refractivity contribution in [1.82, 2.24) is 9.80 Å². The molecular formula is C24H26N2O4S. The Bertz CT molecular complexity index is 937. The molecule has 0 aliphatic carbocycles. The molecule has 0 spiro atoms. The molecular weight excluding hydrogens is 412 g/mol. The molecule has 6 nitrogen and oxygen atoms in total. The first-order chi connectivity index (χ1) is 15.1. The lowest BCUT2D eigenvalue weighted by Crippen LogP contribution is -2.43. The predicted molar refractivity (Wildman–Crippen MR) is 120 cm³/mol. The highest BCUT2D eigenvalue weighted by Gasteiger charge is 2.54. The Morgan fingerprint density at radius 1 is 0.968 bits per heavy atom. The number of carboxylic acids is 1. The number of amides is 2. The molecule has 0 aromatic heterocycles. The number of hydrogen-bond donors (Lipinski definition) is 1. The highest BCUT2D eigenvalue weighted by Crippen LogP contribution is 2.47. The third-order valence-corrected chi connectivity index (χ3v) is 7.22. The van der Waals surface area contributed by atoms with E-state index in [4.69, 9.17) is 5.11 Å². The second-order valence-electron chi connectivity index (χ2n) is 7.98. The van der Waals surface area contributed by atoms with E-state index in [-0.39, 0.29) is 29.7 Å². The van der Waals surface area contributed by atoms with E-state index in [2.05, 4.69) is 0 Å². The van der Waals surface area contributed by atoms with Crippen molar-refractivity contribution < 1.29 is 19.5 Å². The predicted octanol–water partition coefficient (Wildman–Crippen LogP) is 4.32. The van der Waals surface area contributed by atoms with Crippen LogP contribution >= 0.6 is 11.8 Å². The molecule has 7 heteroatoms. The number of hydrogen-bond acceptors (Lipinski definition) is 4. The van der Waals surface area contributed by atoms with Crippen molar-refractivity contribution in [3.8, 4) is 0 Å². The number of fused-ring (bicyclic) bond motifs is 1. The first-order valence-corrected chi connectivity index (χ1v) is 11.6. The summed E-state index contributed by atoms with van der Waals surface area (Å²) >= 11 is 1.70. The molecule has 2 aliphatic rings. The summed E-state index contributed by atoms with van der Waals surface area (Å²) < 4.78 is 0. The summed E-state index contributed by atoms with van der Waals surface area (Å²) in [6.07, 6.45) is 1.35. The SMILES string of the molecule is O=C(O)CCCCC(=O)[C@H]1[C@@H]2CSC(c3ccccc3)N2C(=O)N1Cc1ccccc1. The van der Waals surface area contributed by atoms with Crippen molar-refractivity contribution in [3.05, 3.63) is 71.8 Å². The maximum Gasteiger partial charge on any atom is 0.322 e. The number of rotatable bonds is 9. The molecule has 2 saturated heterocycles. The van der Waals surface area contributed by atoms with Crippen LogP contribution in [0.5, 0.6) is 0 Å². The molecule has 2 aliphatic heterocycles. The number of carbonyl (C=O) groups is 3. The number of benzene rings is 2. The number of nitrogens with zero attached hydrogens (tertiary/aromatic N) is 2. The van der Waals surface area contributed by atoms with Crippen LogP contribution in [0, 0.1) is 0 Å². The number of aliphatic carboxylic acids is 1. The quantitative estimate of drug-likeness (QED) is 0.590. The van der Waals surface area contributed by atoms with Crippen molar-refractivity contribution in [2.75, 3.05) is 5.75 Å². The summed E-state index contributed by atoms with van der Waals surface area (Å²) in [7, 11) is 0. The molecule has 1 unspecified atom stereocenters. The van der Waals surface area contributed by atoms with Gasteiger partial charge in [0.15, 0.2) is 5.78 Å². The number of carbonyl (C=O) groups excluding carboxylic acids is 2. The van der Waals surface area contributed by atoms with Gasteiger partial charge in [-0.05, 0) is 24.0 Å². The molecule has 0 bridgehead atoms. The molecule has 0 radical (unpaired) electrons. The minimum atomic E-state index is -0.849. The van der Waals surface area contributed by atoms with Gasteiger partial charge in [0.2, 0.25) is 0 Å². The van der Waals surface area contributed by atoms with Gasteiger partial charge in [0.05, 0.1) is 6.04 Å². The lowest BCUT2D eigenvalue weighted by molar-refractivity contribution is -0.137. The van der Waals surface area contributed by atoms with Crippen LogP contribution in [0.2, 0.25) is 0 Å². The Balaban J connectivity index is 1.56. The number of unbranched alkanes of at least 4 members (excludes halogenated alkanes) is 1. The highest BCUT2D eigenvalue weighted by molar-refractivity contribution is 7.99. The first kappa shape index (κ1) is 21.4. The molecule has 4 rings (SSSR count). The first-order valence-electron chi connectivity index (χ1n) is 10.6. The van der Waals surface area contributed by atoms with Gasteiger partial charge in [-0.25, -0.2) is 4.79 Å². The summed E-state index contributed by atoms with van der Waals surface area (Å²) in [6, 6.07) is 18.9. The largest absolute Gasteiger partial charge is 0.481 e. The fourth-order valence-corrected chi connectivity index (χ4v) is 5.90. The van der Waals surface area contributed by atoms with Crippen LogP contribution in [0.25, 0.3) is 0 Å². The molecule has 2 aromatic rings. The van der Waals surface area contributed by atoms with Crippen molar-refractivity contribution in [3.63, 3.8) is 0 Å². The van der Waals surface area contributed by atoms with Gasteiger partial charge in [0.25, 0.3) is 0 Å². The molecule has 2 heterocycles. The molecule has 0 saturated carbocycles. The van der Waals surface area contributed by atoms with Crippen molar-refractivity contribution in [2.45, 2.75) is 49.7 Å². The molecule has 2 amide bonds. The van der Waals surface area contributed by atoms with E-state index in [1.165, 1.54) is 0 Å². The highest BCUT2D eigenvalue weighted by atomic mass is 32.2. The van der Waals surface area contributed by atoms with E-state index in [1.54, 1.807) is 16.7 Å². The zero-order chi connectivity index (χ0) is 21.8. The molecule has 31 heavy (non-hydrogen) atoms. The van der Waals surface area contributed by atoms with Gasteiger partial charge < -0.3 is 14.9 Å². The summed E-state index contributed by atoms with van der Waals surface area (Å²) in [4.78, 5) is 41.1. The number of carboxylic acid groups (broad SMARTS) is 1. The van der Waals surface area contributed by atoms with Gasteiger partial charge in [0.1, 0.15) is 11.4 Å². The van der Waals surface area contributed by atoms with Crippen LogP contribution in [0.1, 0.15) is 42.2 Å². The van der Waals surface area contributed by atoms with Crippen LogP contribution in [-0.2, 0) is 16.1 Å². The Morgan fingerprint density at radius 3 is 2.29 bits per heavy atom. The molecule has 2 aromatic carbocycles. The molecule has 1 N–H and O–H groups in total. The van der Waals surface area contributed by atoms with E-state index in [1.807, 2.05) is 65.6 Å². The van der Waals surface area contributed by atoms with Crippen LogP contribution < -0.4 is 0 Å². The fraction of sp³-hybridized carbons (Fsp3) is 0.375. The maximum absolute atomic E-state index is 13.5. The second-order valence-corrected chi connectivity index (χ2v) is 9.09. The zero-order valence-electron chi connectivity index (χ0n) is 17.2. The van der Waals surface area contributed by atoms with Crippen LogP contribution in [0.3, 0.4) is 0 Å². The van der Waals surface area contributed by atoms with Crippen molar-refractivity contribution >= 4 is 29.5 Å². The van der Waals surface area contributed by atoms with E-state index in [0.717, 1.165) is 11.1 Å². The normalized spacial score (nSPS) is 22.6. The van der Waals surface area contributed by atoms with Gasteiger partial charge in [0, 0.05) is 25.1 Å². The average molecular weight is 439 g/mol. The van der Waals surface area contributed by atoms with Crippen LogP contribution in [-0.4, -0.2) is 50.5 Å². The lowest BCUT2D eigenvalue weighted by atomic mass is 9.99. The van der Waals surface area contributed by atoms with Crippen LogP contribution in [0.15, 0.2) is 60.7 Å². The Hall–Kier alpha value is -2.80. The van der Waals surface area contributed by atoms with E-state index in [9.17, 15) is 14.4 Å². The van der Waals surface area contributed by atoms with Gasteiger partial charge in [-0.15, -0.1) is 11.8 Å². The smallest absolute Gasteiger partial charge is 0.322 e. The van der Waals surface area contributed by atoms with Gasteiger partial charge >= 0.3 is 12.0 Å². The van der Waals surface area contributed by atoms with E-state index < -0.39 is 12.0 Å². The van der Waals surface area contributed by atoms with Gasteiger partial charge in [-0.1, -0.05) is 60.7 Å². The topological polar surface area (TPSA) is 77.9 Å². The monoisotopic (exact) mass is 438 g/mol. The summed E-state index contributed by atoms with van der Waals surface area (Å²) in [5.41, 5.74) is 2.06. The molecule has 3 atom stereocenters. The Morgan fingerprint density at radius 2 is 1.61 bits per heavy atom. The third kappa shape index (κ3) is 4.61. The summed E-state index contributed by atoms with van der Waals surface area (Å²) in [5, 5.41) is 8.75. The Labute approximate surface area is 186 Å². The summed E-state index contributed by atoms with van der Waals surface area (Å²) in [5.74, 6) is -0.114. The summed E-state index contributed by atoms with van der Waals surface area (Å²) in [6.45, 7) is 0.393. The number of Topliss-reactive ketones (excluding diaryl/α,β-unsaturated/α-hetero) is 1. The van der Waals surface area contributed by atoms with E-state index in [0.29, 0.717) is 31.6 Å². The maximum atomic E-state index is 13.5. The lowest BCUT2D eigenvalue weighted by Gasteiger charge is -2.25. The number of thioether (sulfide) groups is 1. The Kier molecular flexibility index (Phi) is 6.61. The molecule has 162 valence electrons. The van der Waals surface area contributed by atoms with Gasteiger partial charge in [-0.3, -0.25) is 9.59 Å². The van der Waals surface area contributed by atoms with Crippen LogP contribution in [0.4, 0.5) is 4.79 Å². The zero-order valence-corrected chi connectivity index (χ0v) is 18.0. The van der Waals surface area contributed by atoms with Crippen molar-refractivity contribution in [1.29, 1.82) is 0 Å². The third-order valence-electron chi connectivity index (χ3n) is 5.88. The standard InChI is InChI=1S/C24H26N2O4S/c27-20(13-7-8-14-21(28)29)22-19-16-31-23(18-11-5-2-6-12-18)26(19)24(30)25(22)15-17-9-3-1-4-10-17/h1-6,9-12,19,22-23H,7-8,13-16H2,(H,28,29)/t19-,22+,23?/m0/s1. The fourth-order valence-electron chi connectivity index (χ4n) is 4.42. The van der Waals surface area contributed by atoms with Crippen molar-refractivity contribution in [2.24, 2.45) is 0 Å². The number of ketones is 1. The minimum Gasteiger partial charge on any atom is -0.481 e. The van der Waals surface area contributed by atoms with Gasteiger partial charge in [-0.2, -0.15) is 0 Å². The second kappa shape index (κ2) is 9.56. The number of urea groups is 1. The van der Waals surface area contributed by atoms with E-state index >= 15 is 0 Å².